The molecule has 1 aliphatic rings. The van der Waals surface area contributed by atoms with Crippen molar-refractivity contribution < 1.29 is 9.59 Å². The molecule has 5 nitrogen and oxygen atoms in total. The second-order valence-corrected chi connectivity index (χ2v) is 8.40. The number of piperazine rings is 1. The summed E-state index contributed by atoms with van der Waals surface area (Å²) in [6.45, 7) is 11.0. The minimum Gasteiger partial charge on any atom is -0.368 e. The molecule has 0 aromatic heterocycles. The quantitative estimate of drug-likeness (QED) is 0.879. The fourth-order valence-corrected chi connectivity index (χ4v) is 3.39. The maximum Gasteiger partial charge on any atom is 0.255 e. The van der Waals surface area contributed by atoms with Crippen molar-refractivity contribution >= 4 is 23.2 Å². The molecule has 0 atom stereocenters. The van der Waals surface area contributed by atoms with E-state index in [1.807, 2.05) is 81.1 Å². The molecule has 1 aliphatic heterocycles. The number of benzene rings is 2. The van der Waals surface area contributed by atoms with E-state index in [1.54, 1.807) is 0 Å². The molecule has 148 valence electrons. The van der Waals surface area contributed by atoms with Crippen LogP contribution in [0.15, 0.2) is 48.5 Å². The molecule has 2 aromatic rings. The van der Waals surface area contributed by atoms with Crippen LogP contribution in [0.4, 0.5) is 11.4 Å². The molecule has 3 rings (SSSR count). The van der Waals surface area contributed by atoms with Crippen molar-refractivity contribution in [2.45, 2.75) is 27.7 Å². The summed E-state index contributed by atoms with van der Waals surface area (Å²) in [5, 5.41) is 2.94. The van der Waals surface area contributed by atoms with E-state index in [-0.39, 0.29) is 17.2 Å². The zero-order chi connectivity index (χ0) is 20.3. The molecule has 28 heavy (non-hydrogen) atoms. The topological polar surface area (TPSA) is 52.7 Å². The summed E-state index contributed by atoms with van der Waals surface area (Å²) in [4.78, 5) is 29.0. The molecule has 0 unspecified atom stereocenters. The highest BCUT2D eigenvalue weighted by Crippen LogP contribution is 2.23. The van der Waals surface area contributed by atoms with Gasteiger partial charge in [0.05, 0.1) is 0 Å². The summed E-state index contributed by atoms with van der Waals surface area (Å²) in [7, 11) is 0. The van der Waals surface area contributed by atoms with E-state index in [2.05, 4.69) is 10.2 Å². The van der Waals surface area contributed by atoms with E-state index < -0.39 is 0 Å². The van der Waals surface area contributed by atoms with Crippen LogP contribution >= 0.6 is 0 Å². The minimum absolute atomic E-state index is 0.106. The van der Waals surface area contributed by atoms with Crippen LogP contribution in [0.1, 0.15) is 36.7 Å². The monoisotopic (exact) mass is 379 g/mol. The van der Waals surface area contributed by atoms with E-state index in [9.17, 15) is 9.59 Å². The van der Waals surface area contributed by atoms with Gasteiger partial charge in [0.15, 0.2) is 0 Å². The molecule has 1 N–H and O–H groups in total. The van der Waals surface area contributed by atoms with Crippen molar-refractivity contribution in [3.05, 3.63) is 59.7 Å². The Kier molecular flexibility index (Phi) is 5.73. The summed E-state index contributed by atoms with van der Waals surface area (Å²) in [5.74, 6) is 0.104. The summed E-state index contributed by atoms with van der Waals surface area (Å²) in [6, 6.07) is 15.4. The predicted molar refractivity (Wildman–Crippen MR) is 114 cm³/mol. The van der Waals surface area contributed by atoms with Gasteiger partial charge in [0.25, 0.3) is 5.91 Å². The molecule has 1 saturated heterocycles. The lowest BCUT2D eigenvalue weighted by Crippen LogP contribution is -2.51. The van der Waals surface area contributed by atoms with Crippen LogP contribution in [0, 0.1) is 12.3 Å². The Hall–Kier alpha value is -2.82. The second kappa shape index (κ2) is 8.05. The van der Waals surface area contributed by atoms with E-state index in [0.29, 0.717) is 5.56 Å². The van der Waals surface area contributed by atoms with Gasteiger partial charge in [-0.05, 0) is 43.3 Å². The van der Waals surface area contributed by atoms with Crippen molar-refractivity contribution in [3.63, 3.8) is 0 Å². The number of anilines is 2. The Morgan fingerprint density at radius 1 is 0.929 bits per heavy atom. The number of carbonyl (C=O) groups excluding carboxylic acids is 2. The number of hydrogen-bond acceptors (Lipinski definition) is 3. The fourth-order valence-electron chi connectivity index (χ4n) is 3.39. The normalized spacial score (nSPS) is 14.7. The third kappa shape index (κ3) is 4.71. The average molecular weight is 380 g/mol. The molecule has 0 aliphatic carbocycles. The van der Waals surface area contributed by atoms with Gasteiger partial charge in [-0.15, -0.1) is 0 Å². The Morgan fingerprint density at radius 2 is 1.57 bits per heavy atom. The third-order valence-electron chi connectivity index (χ3n) is 4.98. The molecule has 0 bridgehead atoms. The molecule has 2 aromatic carbocycles. The van der Waals surface area contributed by atoms with Crippen LogP contribution in [0.5, 0.6) is 0 Å². The van der Waals surface area contributed by atoms with Crippen molar-refractivity contribution in [2.24, 2.45) is 5.41 Å². The Labute approximate surface area is 167 Å². The first-order valence-corrected chi connectivity index (χ1v) is 9.76. The van der Waals surface area contributed by atoms with Crippen LogP contribution in [0.25, 0.3) is 0 Å². The number of hydrogen-bond donors (Lipinski definition) is 1. The number of aryl methyl sites for hydroxylation is 1. The Bertz CT molecular complexity index is 845. The van der Waals surface area contributed by atoms with Crippen LogP contribution in [-0.4, -0.2) is 42.9 Å². The van der Waals surface area contributed by atoms with Gasteiger partial charge in [-0.3, -0.25) is 9.59 Å². The Morgan fingerprint density at radius 3 is 2.14 bits per heavy atom. The van der Waals surface area contributed by atoms with Gasteiger partial charge in [0, 0.05) is 48.5 Å². The maximum absolute atomic E-state index is 12.4. The smallest absolute Gasteiger partial charge is 0.255 e. The highest BCUT2D eigenvalue weighted by Gasteiger charge is 2.29. The molecule has 5 heteroatoms. The van der Waals surface area contributed by atoms with E-state index >= 15 is 0 Å². The van der Waals surface area contributed by atoms with Crippen LogP contribution in [0.3, 0.4) is 0 Å². The molecule has 0 radical (unpaired) electrons. The standard InChI is InChI=1S/C23H29N3O2/c1-17-6-5-7-18(16-17)21(27)24-19-8-10-20(11-9-19)25-12-14-26(15-13-25)22(28)23(2,3)4/h5-11,16H,12-15H2,1-4H3,(H,24,27). The lowest BCUT2D eigenvalue weighted by Gasteiger charge is -2.38. The molecule has 2 amide bonds. The first kappa shape index (κ1) is 19.9. The highest BCUT2D eigenvalue weighted by molar-refractivity contribution is 6.04. The van der Waals surface area contributed by atoms with E-state index in [0.717, 1.165) is 43.1 Å². The summed E-state index contributed by atoms with van der Waals surface area (Å²) < 4.78 is 0. The number of rotatable bonds is 3. The molecule has 1 fully saturated rings. The van der Waals surface area contributed by atoms with Gasteiger partial charge in [-0.1, -0.05) is 38.5 Å². The van der Waals surface area contributed by atoms with Gasteiger partial charge < -0.3 is 15.1 Å². The number of nitrogens with one attached hydrogen (secondary N) is 1. The summed E-state index contributed by atoms with van der Waals surface area (Å²) >= 11 is 0. The number of carbonyl (C=O) groups is 2. The van der Waals surface area contributed by atoms with Gasteiger partial charge in [-0.25, -0.2) is 0 Å². The highest BCUT2D eigenvalue weighted by atomic mass is 16.2. The number of amides is 2. The average Bonchev–Trinajstić information content (AvgIpc) is 2.67. The largest absolute Gasteiger partial charge is 0.368 e. The van der Waals surface area contributed by atoms with Gasteiger partial charge in [0.2, 0.25) is 5.91 Å². The third-order valence-corrected chi connectivity index (χ3v) is 4.98. The molecule has 0 saturated carbocycles. The van der Waals surface area contributed by atoms with Crippen molar-refractivity contribution in [1.82, 2.24) is 4.90 Å². The first-order chi connectivity index (χ1) is 13.2. The van der Waals surface area contributed by atoms with Gasteiger partial charge in [0.1, 0.15) is 0 Å². The van der Waals surface area contributed by atoms with E-state index in [1.165, 1.54) is 0 Å². The molecular weight excluding hydrogens is 350 g/mol. The summed E-state index contributed by atoms with van der Waals surface area (Å²) in [6.07, 6.45) is 0. The zero-order valence-electron chi connectivity index (χ0n) is 17.2. The minimum atomic E-state index is -0.334. The Balaban J connectivity index is 1.58. The summed E-state index contributed by atoms with van der Waals surface area (Å²) in [5.41, 5.74) is 3.27. The molecular formula is C23H29N3O2. The SMILES string of the molecule is Cc1cccc(C(=O)Nc2ccc(N3CCN(C(=O)C(C)(C)C)CC3)cc2)c1. The van der Waals surface area contributed by atoms with Crippen molar-refractivity contribution in [1.29, 1.82) is 0 Å². The zero-order valence-corrected chi connectivity index (χ0v) is 17.2. The van der Waals surface area contributed by atoms with Crippen LogP contribution in [-0.2, 0) is 4.79 Å². The predicted octanol–water partition coefficient (Wildman–Crippen LogP) is 3.94. The van der Waals surface area contributed by atoms with Crippen LogP contribution in [0.2, 0.25) is 0 Å². The van der Waals surface area contributed by atoms with Gasteiger partial charge in [-0.2, -0.15) is 0 Å². The van der Waals surface area contributed by atoms with Crippen molar-refractivity contribution in [3.8, 4) is 0 Å². The lowest BCUT2D eigenvalue weighted by molar-refractivity contribution is -0.139. The number of nitrogens with zero attached hydrogens (tertiary/aromatic N) is 2. The maximum atomic E-state index is 12.4. The fraction of sp³-hybridized carbons (Fsp3) is 0.391. The first-order valence-electron chi connectivity index (χ1n) is 9.76. The van der Waals surface area contributed by atoms with E-state index in [4.69, 9.17) is 0 Å². The second-order valence-electron chi connectivity index (χ2n) is 8.40. The lowest BCUT2D eigenvalue weighted by atomic mass is 9.94. The van der Waals surface area contributed by atoms with Crippen molar-refractivity contribution in [2.75, 3.05) is 36.4 Å². The van der Waals surface area contributed by atoms with Crippen LogP contribution < -0.4 is 10.2 Å². The molecule has 0 spiro atoms. The van der Waals surface area contributed by atoms with Gasteiger partial charge >= 0.3 is 0 Å². The molecule has 1 heterocycles.